The van der Waals surface area contributed by atoms with Crippen LogP contribution < -0.4 is 12.4 Å². The van der Waals surface area contributed by atoms with E-state index in [0.717, 1.165) is 38.5 Å². The van der Waals surface area contributed by atoms with Gasteiger partial charge >= 0.3 is 13.8 Å². The highest BCUT2D eigenvalue weighted by Crippen LogP contribution is 2.50. The summed E-state index contributed by atoms with van der Waals surface area (Å²) in [5.74, 6) is -0.333. The third-order valence-corrected chi connectivity index (χ3v) is 9.37. The molecule has 0 aromatic heterocycles. The molecule has 2 unspecified atom stereocenters. The van der Waals surface area contributed by atoms with Crippen molar-refractivity contribution in [3.63, 3.8) is 0 Å². The molecule has 266 valence electrons. The molecule has 0 aliphatic rings. The highest BCUT2D eigenvalue weighted by atomic mass is 35.5. The zero-order chi connectivity index (χ0) is 32.1. The third kappa shape index (κ3) is 33.2. The Morgan fingerprint density at radius 2 is 0.955 bits per heavy atom. The molecule has 0 fully saturated rings. The van der Waals surface area contributed by atoms with Crippen LogP contribution in [-0.2, 0) is 27.7 Å². The first kappa shape index (κ1) is 46.0. The molecule has 0 rings (SSSR count). The Balaban J connectivity index is 0. The van der Waals surface area contributed by atoms with Crippen molar-refractivity contribution in [3.8, 4) is 0 Å². The first-order valence-corrected chi connectivity index (χ1v) is 19.7. The average Bonchev–Trinajstić information content (AvgIpc) is 2.93. The highest BCUT2D eigenvalue weighted by molar-refractivity contribution is 7.48. The predicted molar refractivity (Wildman–Crippen MR) is 181 cm³/mol. The number of unbranched alkanes of at least 4 members (excludes halogenated alkanes) is 21. The fraction of sp³-hybridized carbons (Fsp3) is 0.971. The van der Waals surface area contributed by atoms with Gasteiger partial charge in [0.2, 0.25) is 6.29 Å². The second kappa shape index (κ2) is 31.4. The van der Waals surface area contributed by atoms with E-state index in [1.165, 1.54) is 109 Å². The first-order valence-electron chi connectivity index (χ1n) is 18.2. The van der Waals surface area contributed by atoms with E-state index >= 15 is 0 Å². The number of ether oxygens (including phenoxy) is 1. The van der Waals surface area contributed by atoms with Crippen molar-refractivity contribution >= 4 is 13.8 Å². The SMILES string of the molecule is CCCCCCCCCCCCCCCCOP(=O)(OCC[N+](C)(C)C)OC(C)OC(=O)CCCCCCCCCCC.[Cl-]. The molecule has 0 radical (unpaired) electrons. The van der Waals surface area contributed by atoms with E-state index in [0.29, 0.717) is 24.1 Å². The normalized spacial score (nSPS) is 13.8. The van der Waals surface area contributed by atoms with Crippen molar-refractivity contribution in [1.82, 2.24) is 0 Å². The van der Waals surface area contributed by atoms with E-state index < -0.39 is 14.1 Å². The number of quaternary nitrogens is 1. The van der Waals surface area contributed by atoms with Crippen molar-refractivity contribution in [1.29, 1.82) is 0 Å². The smallest absolute Gasteiger partial charge is 0.478 e. The number of esters is 1. The monoisotopic (exact) mass is 669 g/mol. The molecule has 0 bridgehead atoms. The molecule has 9 heteroatoms. The number of rotatable bonds is 33. The van der Waals surface area contributed by atoms with Crippen molar-refractivity contribution in [2.24, 2.45) is 0 Å². The van der Waals surface area contributed by atoms with Crippen molar-refractivity contribution < 1.29 is 44.6 Å². The quantitative estimate of drug-likeness (QED) is 0.0231. The lowest BCUT2D eigenvalue weighted by atomic mass is 10.0. The molecule has 0 aromatic carbocycles. The van der Waals surface area contributed by atoms with Gasteiger partial charge in [-0.2, -0.15) is 0 Å². The van der Waals surface area contributed by atoms with E-state index in [2.05, 4.69) is 13.8 Å². The molecule has 44 heavy (non-hydrogen) atoms. The number of carbonyl (C=O) groups is 1. The van der Waals surface area contributed by atoms with Crippen LogP contribution in [0.15, 0.2) is 0 Å². The van der Waals surface area contributed by atoms with Gasteiger partial charge in [0, 0.05) is 6.42 Å². The van der Waals surface area contributed by atoms with Crippen LogP contribution in [0.3, 0.4) is 0 Å². The maximum atomic E-state index is 13.4. The van der Waals surface area contributed by atoms with Crippen LogP contribution in [0.4, 0.5) is 0 Å². The van der Waals surface area contributed by atoms with Gasteiger partial charge in [-0.25, -0.2) is 9.09 Å². The minimum atomic E-state index is -3.84. The Bertz CT molecular complexity index is 676. The molecule has 0 saturated carbocycles. The second-order valence-electron chi connectivity index (χ2n) is 13.5. The summed E-state index contributed by atoms with van der Waals surface area (Å²) in [5.41, 5.74) is 0. The highest BCUT2D eigenvalue weighted by Gasteiger charge is 2.31. The molecule has 0 amide bonds. The predicted octanol–water partition coefficient (Wildman–Crippen LogP) is 8.15. The molecule has 0 saturated heterocycles. The molecular formula is C35H73ClNO6P. The van der Waals surface area contributed by atoms with Crippen LogP contribution in [0.25, 0.3) is 0 Å². The maximum Gasteiger partial charge on any atom is 0.478 e. The van der Waals surface area contributed by atoms with Gasteiger partial charge < -0.3 is 21.6 Å². The molecule has 0 N–H and O–H groups in total. The van der Waals surface area contributed by atoms with Crippen molar-refractivity contribution in [2.45, 2.75) is 181 Å². The van der Waals surface area contributed by atoms with Gasteiger partial charge in [0.1, 0.15) is 13.2 Å². The number of hydrogen-bond donors (Lipinski definition) is 0. The maximum absolute atomic E-state index is 13.4. The van der Waals surface area contributed by atoms with Gasteiger partial charge in [0.25, 0.3) is 0 Å². The molecular weight excluding hydrogens is 597 g/mol. The second-order valence-corrected chi connectivity index (χ2v) is 15.1. The van der Waals surface area contributed by atoms with E-state index in [1.54, 1.807) is 6.92 Å². The summed E-state index contributed by atoms with van der Waals surface area (Å²) in [6, 6.07) is 0. The lowest BCUT2D eigenvalue weighted by molar-refractivity contribution is -0.870. The number of likely N-dealkylation sites (N-methyl/N-ethyl adjacent to an activating group) is 1. The lowest BCUT2D eigenvalue weighted by Gasteiger charge is -2.26. The number of carbonyl (C=O) groups excluding carboxylic acids is 1. The van der Waals surface area contributed by atoms with Crippen LogP contribution in [0.1, 0.15) is 175 Å². The molecule has 0 spiro atoms. The Morgan fingerprint density at radius 1 is 0.591 bits per heavy atom. The standard InChI is InChI=1S/C35H73NO6P.ClH/c1-7-9-11-13-15-17-18-19-20-21-23-25-27-29-32-39-43(38,40-33-31-36(4,5)6)42-34(3)41-35(37)30-28-26-24-22-16-14-12-10-8-2;/h34H,7-33H2,1-6H3;1H/q+1;/p-1. The summed E-state index contributed by atoms with van der Waals surface area (Å²) in [5, 5.41) is 0. The van der Waals surface area contributed by atoms with Crippen LogP contribution >= 0.6 is 7.82 Å². The minimum absolute atomic E-state index is 0. The zero-order valence-corrected chi connectivity index (χ0v) is 31.5. The molecule has 0 heterocycles. The number of phosphoric ester groups is 1. The zero-order valence-electron chi connectivity index (χ0n) is 29.9. The summed E-state index contributed by atoms with van der Waals surface area (Å²) in [6.07, 6.45) is 27.9. The number of halogens is 1. The summed E-state index contributed by atoms with van der Waals surface area (Å²) < 4.78 is 36.4. The lowest BCUT2D eigenvalue weighted by Crippen LogP contribution is -3.00. The Kier molecular flexibility index (Phi) is 32.8. The number of phosphoric acid groups is 1. The Morgan fingerprint density at radius 3 is 1.36 bits per heavy atom. The van der Waals surface area contributed by atoms with Gasteiger partial charge in [-0.3, -0.25) is 13.8 Å². The van der Waals surface area contributed by atoms with Crippen LogP contribution in [0, 0.1) is 0 Å². The molecule has 0 aromatic rings. The van der Waals surface area contributed by atoms with E-state index in [-0.39, 0.29) is 25.0 Å². The van der Waals surface area contributed by atoms with Crippen LogP contribution in [0.5, 0.6) is 0 Å². The van der Waals surface area contributed by atoms with E-state index in [4.69, 9.17) is 18.3 Å². The van der Waals surface area contributed by atoms with Crippen LogP contribution in [-0.4, -0.2) is 57.6 Å². The fourth-order valence-corrected chi connectivity index (χ4v) is 6.29. The number of nitrogens with zero attached hydrogens (tertiary/aromatic N) is 1. The molecule has 7 nitrogen and oxygen atoms in total. The van der Waals surface area contributed by atoms with Gasteiger partial charge in [-0.15, -0.1) is 0 Å². The van der Waals surface area contributed by atoms with E-state index in [9.17, 15) is 9.36 Å². The molecule has 2 atom stereocenters. The van der Waals surface area contributed by atoms with E-state index in [1.807, 2.05) is 21.1 Å². The third-order valence-electron chi connectivity index (χ3n) is 7.82. The molecule has 0 aliphatic carbocycles. The largest absolute Gasteiger partial charge is 1.00 e. The average molecular weight is 670 g/mol. The van der Waals surface area contributed by atoms with Gasteiger partial charge in [-0.05, 0) is 19.8 Å². The number of hydrogen-bond acceptors (Lipinski definition) is 6. The molecule has 0 aliphatic heterocycles. The van der Waals surface area contributed by atoms with Gasteiger partial charge in [0.15, 0.2) is 0 Å². The van der Waals surface area contributed by atoms with Crippen LogP contribution in [0.2, 0.25) is 0 Å². The summed E-state index contributed by atoms with van der Waals surface area (Å²) in [4.78, 5) is 12.3. The van der Waals surface area contributed by atoms with Crippen molar-refractivity contribution in [2.75, 3.05) is 40.9 Å². The van der Waals surface area contributed by atoms with Gasteiger partial charge in [-0.1, -0.05) is 149 Å². The first-order chi connectivity index (χ1) is 20.6. The van der Waals surface area contributed by atoms with Gasteiger partial charge in [0.05, 0.1) is 27.7 Å². The summed E-state index contributed by atoms with van der Waals surface area (Å²) >= 11 is 0. The Hall–Kier alpha value is -0.170. The fourth-order valence-electron chi connectivity index (χ4n) is 5.02. The minimum Gasteiger partial charge on any atom is -1.00 e. The topological polar surface area (TPSA) is 71.1 Å². The Labute approximate surface area is 279 Å². The summed E-state index contributed by atoms with van der Waals surface area (Å²) in [6.45, 7) is 7.28. The van der Waals surface area contributed by atoms with Crippen molar-refractivity contribution in [3.05, 3.63) is 0 Å². The summed E-state index contributed by atoms with van der Waals surface area (Å²) in [7, 11) is 2.29.